The summed E-state index contributed by atoms with van der Waals surface area (Å²) in [5, 5.41) is 0. The van der Waals surface area contributed by atoms with E-state index in [1.807, 2.05) is 57.4 Å². The van der Waals surface area contributed by atoms with Crippen molar-refractivity contribution in [3.8, 4) is 11.5 Å². The number of benzene rings is 1. The number of fused-ring (bicyclic) bond motifs is 4. The van der Waals surface area contributed by atoms with Gasteiger partial charge in [-0.05, 0) is 52.5 Å². The van der Waals surface area contributed by atoms with Crippen LogP contribution in [0.3, 0.4) is 0 Å². The molecule has 0 saturated carbocycles. The maximum absolute atomic E-state index is 5.78. The van der Waals surface area contributed by atoms with Crippen LogP contribution in [0.1, 0.15) is 0 Å². The summed E-state index contributed by atoms with van der Waals surface area (Å²) >= 11 is 0. The van der Waals surface area contributed by atoms with Crippen molar-refractivity contribution in [1.29, 1.82) is 0 Å². The highest BCUT2D eigenvalue weighted by Crippen LogP contribution is 2.31. The largest absolute Gasteiger partial charge is 0.447 e. The fourth-order valence-corrected chi connectivity index (χ4v) is 1.48. The molecule has 0 aliphatic carbocycles. The first-order chi connectivity index (χ1) is 8.02. The highest BCUT2D eigenvalue weighted by molar-refractivity contribution is 5.33. The van der Waals surface area contributed by atoms with E-state index in [4.69, 9.17) is 14.2 Å². The Hall–Kier alpha value is -1.30. The zero-order valence-corrected chi connectivity index (χ0v) is 10.6. The molecule has 0 unspecified atom stereocenters. The van der Waals surface area contributed by atoms with E-state index in [1.54, 1.807) is 4.90 Å². The maximum Gasteiger partial charge on any atom is 0.447 e. The summed E-state index contributed by atoms with van der Waals surface area (Å²) in [5.41, 5.74) is 0. The molecule has 3 rings (SSSR count). The van der Waals surface area contributed by atoms with Gasteiger partial charge >= 0.3 is 6.10 Å². The van der Waals surface area contributed by atoms with Crippen LogP contribution in [0.5, 0.6) is 11.5 Å². The van der Waals surface area contributed by atoms with Crippen molar-refractivity contribution in [2.24, 2.45) is 0 Å². The normalized spacial score (nSPS) is 16.8. The number of hydrogen-bond donors (Lipinski definition) is 0. The Morgan fingerprint density at radius 3 is 1.82 bits per heavy atom. The van der Waals surface area contributed by atoms with E-state index >= 15 is 0 Å². The highest BCUT2D eigenvalue weighted by Gasteiger charge is 2.42. The third-order valence-electron chi connectivity index (χ3n) is 2.37. The molecule has 0 radical (unpaired) electrons. The van der Waals surface area contributed by atoms with Gasteiger partial charge in [0.25, 0.3) is 0 Å². The minimum absolute atomic E-state index is 0.402. The summed E-state index contributed by atoms with van der Waals surface area (Å²) in [7, 11) is 7.54. The van der Waals surface area contributed by atoms with E-state index in [2.05, 4.69) is 0 Å². The third kappa shape index (κ3) is 2.52. The van der Waals surface area contributed by atoms with Gasteiger partial charge in [0.1, 0.15) is 18.2 Å². The molecule has 0 aromatic heterocycles. The average Bonchev–Trinajstić information content (AvgIpc) is 2.56. The molecule has 1 aromatic rings. The lowest BCUT2D eigenvalue weighted by molar-refractivity contribution is -0.376. The molecule has 0 N–H and O–H groups in total. The number of hydrogen-bond acceptors (Lipinski definition) is 5. The first-order valence-electron chi connectivity index (χ1n) is 5.46. The van der Waals surface area contributed by atoms with Gasteiger partial charge in [0.05, 0.1) is 0 Å². The molecule has 0 saturated heterocycles. The molecule has 0 atom stereocenters. The summed E-state index contributed by atoms with van der Waals surface area (Å²) in [6.45, 7) is 0.402. The Morgan fingerprint density at radius 1 is 1.00 bits per heavy atom. The molecule has 1 aromatic carbocycles. The van der Waals surface area contributed by atoms with E-state index in [0.29, 0.717) is 6.73 Å². The van der Waals surface area contributed by atoms with Gasteiger partial charge < -0.3 is 9.47 Å². The summed E-state index contributed by atoms with van der Waals surface area (Å²) in [5.74, 6) is 1.44. The van der Waals surface area contributed by atoms with Crippen LogP contribution in [-0.2, 0) is 4.74 Å². The van der Waals surface area contributed by atoms with Gasteiger partial charge in [0, 0.05) is 0 Å². The van der Waals surface area contributed by atoms with E-state index in [0.717, 1.165) is 11.5 Å². The Kier molecular flexibility index (Phi) is 3.24. The van der Waals surface area contributed by atoms with Crippen LogP contribution in [0.2, 0.25) is 0 Å². The molecule has 17 heavy (non-hydrogen) atoms. The van der Waals surface area contributed by atoms with E-state index < -0.39 is 6.10 Å². The maximum atomic E-state index is 5.78. The van der Waals surface area contributed by atoms with Gasteiger partial charge in [0.15, 0.2) is 0 Å². The second-order valence-electron chi connectivity index (χ2n) is 4.45. The summed E-state index contributed by atoms with van der Waals surface area (Å²) in [6, 6.07) is 7.44. The number of rotatable bonds is 4. The predicted octanol–water partition coefficient (Wildman–Crippen LogP) is 1.17. The van der Waals surface area contributed by atoms with Gasteiger partial charge in [-0.25, -0.2) is 4.90 Å². The molecule has 5 heteroatoms. The molecule has 2 aliphatic heterocycles. The van der Waals surface area contributed by atoms with Gasteiger partial charge in [-0.1, -0.05) is 0 Å². The van der Waals surface area contributed by atoms with E-state index in [1.165, 1.54) is 0 Å². The topological polar surface area (TPSA) is 34.2 Å². The van der Waals surface area contributed by atoms with Crippen molar-refractivity contribution in [3.05, 3.63) is 24.3 Å². The smallest absolute Gasteiger partial charge is 0.417 e. The van der Waals surface area contributed by atoms with Crippen LogP contribution in [0.25, 0.3) is 0 Å². The van der Waals surface area contributed by atoms with E-state index in [9.17, 15) is 0 Å². The van der Waals surface area contributed by atoms with Crippen LogP contribution in [-0.4, -0.2) is 50.8 Å². The molecule has 2 aliphatic rings. The molecule has 2 heterocycles. The molecule has 2 bridgehead atoms. The SMILES string of the molecule is CN(C)COC1(N(C)C)Oc2ccc(cc2)O1. The molecular formula is C12H18N2O3. The Labute approximate surface area is 101 Å². The molecule has 0 fully saturated rings. The lowest BCUT2D eigenvalue weighted by Gasteiger charge is -2.36. The van der Waals surface area contributed by atoms with Crippen molar-refractivity contribution in [2.45, 2.75) is 6.10 Å². The fourth-order valence-electron chi connectivity index (χ4n) is 1.48. The fraction of sp³-hybridized carbons (Fsp3) is 0.500. The average molecular weight is 238 g/mol. The van der Waals surface area contributed by atoms with Crippen molar-refractivity contribution < 1.29 is 14.2 Å². The van der Waals surface area contributed by atoms with Crippen molar-refractivity contribution >= 4 is 0 Å². The Morgan fingerprint density at radius 2 is 1.47 bits per heavy atom. The second-order valence-corrected chi connectivity index (χ2v) is 4.45. The molecule has 0 amide bonds. The lowest BCUT2D eigenvalue weighted by Crippen LogP contribution is -2.57. The summed E-state index contributed by atoms with van der Waals surface area (Å²) < 4.78 is 17.3. The van der Waals surface area contributed by atoms with E-state index in [-0.39, 0.29) is 0 Å². The quantitative estimate of drug-likeness (QED) is 0.735. The molecule has 94 valence electrons. The van der Waals surface area contributed by atoms with Crippen molar-refractivity contribution in [1.82, 2.24) is 9.80 Å². The molecule has 5 nitrogen and oxygen atoms in total. The van der Waals surface area contributed by atoms with Gasteiger partial charge in [-0.3, -0.25) is 9.64 Å². The van der Waals surface area contributed by atoms with Gasteiger partial charge in [-0.15, -0.1) is 0 Å². The first-order valence-corrected chi connectivity index (χ1v) is 5.46. The lowest BCUT2D eigenvalue weighted by atomic mass is 10.3. The number of ether oxygens (including phenoxy) is 3. The summed E-state index contributed by atoms with van der Waals surface area (Å²) in [4.78, 5) is 3.66. The zero-order valence-electron chi connectivity index (χ0n) is 10.6. The van der Waals surface area contributed by atoms with Crippen LogP contribution in [0.4, 0.5) is 0 Å². The Bertz CT molecular complexity index is 351. The predicted molar refractivity (Wildman–Crippen MR) is 63.8 cm³/mol. The van der Waals surface area contributed by atoms with Crippen LogP contribution in [0, 0.1) is 0 Å². The first kappa shape index (κ1) is 12.2. The number of nitrogens with zero attached hydrogens (tertiary/aromatic N) is 2. The van der Waals surface area contributed by atoms with Crippen LogP contribution in [0.15, 0.2) is 24.3 Å². The minimum Gasteiger partial charge on any atom is -0.417 e. The zero-order chi connectivity index (χ0) is 12.5. The molecule has 0 spiro atoms. The third-order valence-corrected chi connectivity index (χ3v) is 2.37. The van der Waals surface area contributed by atoms with Crippen LogP contribution >= 0.6 is 0 Å². The van der Waals surface area contributed by atoms with Crippen molar-refractivity contribution in [3.63, 3.8) is 0 Å². The van der Waals surface area contributed by atoms with Crippen molar-refractivity contribution in [2.75, 3.05) is 34.9 Å². The minimum atomic E-state index is -1.21. The van der Waals surface area contributed by atoms with Crippen LogP contribution < -0.4 is 9.47 Å². The van der Waals surface area contributed by atoms with Gasteiger partial charge in [-0.2, -0.15) is 0 Å². The second kappa shape index (κ2) is 4.52. The molecular weight excluding hydrogens is 220 g/mol. The highest BCUT2D eigenvalue weighted by atomic mass is 16.9. The standard InChI is InChI=1S/C12H18N2O3/c1-13(2)9-15-12(14(3)4)16-10-5-6-11(17-12)8-7-10/h5-8H,9H2,1-4H3. The monoisotopic (exact) mass is 238 g/mol. The Balaban J connectivity index is 2.22. The summed E-state index contributed by atoms with van der Waals surface area (Å²) in [6.07, 6.45) is -1.21. The van der Waals surface area contributed by atoms with Gasteiger partial charge in [0.2, 0.25) is 0 Å².